The van der Waals surface area contributed by atoms with Gasteiger partial charge in [0.15, 0.2) is 0 Å². The summed E-state index contributed by atoms with van der Waals surface area (Å²) < 4.78 is 0. The molecule has 0 amide bonds. The minimum Gasteiger partial charge on any atom is -0.481 e. The van der Waals surface area contributed by atoms with E-state index >= 15 is 0 Å². The molecule has 2 N–H and O–H groups in total. The van der Waals surface area contributed by atoms with Gasteiger partial charge in [0.25, 0.3) is 0 Å². The molecule has 3 heteroatoms. The molecule has 0 aliphatic heterocycles. The third-order valence-electron chi connectivity index (χ3n) is 8.65. The molecule has 4 rings (SSSR count). The number of rotatable bonds is 1. The highest BCUT2D eigenvalue weighted by molar-refractivity contribution is 5.75. The highest BCUT2D eigenvalue weighted by Gasteiger charge is 2.67. The maximum Gasteiger partial charge on any atom is 0.309 e. The number of fused-ring (bicyclic) bond motifs is 3. The molecular formula is C20H30O3. The second-order valence-corrected chi connectivity index (χ2v) is 9.62. The van der Waals surface area contributed by atoms with Crippen molar-refractivity contribution in [1.29, 1.82) is 0 Å². The van der Waals surface area contributed by atoms with Gasteiger partial charge in [-0.3, -0.25) is 4.79 Å². The van der Waals surface area contributed by atoms with Gasteiger partial charge in [0.1, 0.15) is 0 Å². The van der Waals surface area contributed by atoms with Gasteiger partial charge in [0.2, 0.25) is 0 Å². The summed E-state index contributed by atoms with van der Waals surface area (Å²) in [5, 5.41) is 20.8. The van der Waals surface area contributed by atoms with Gasteiger partial charge in [-0.2, -0.15) is 0 Å². The van der Waals surface area contributed by atoms with Crippen molar-refractivity contribution in [3.05, 3.63) is 12.2 Å². The first-order chi connectivity index (χ1) is 10.7. The van der Waals surface area contributed by atoms with E-state index in [-0.39, 0.29) is 16.7 Å². The van der Waals surface area contributed by atoms with Crippen LogP contribution in [-0.2, 0) is 4.79 Å². The highest BCUT2D eigenvalue weighted by atomic mass is 16.4. The summed E-state index contributed by atoms with van der Waals surface area (Å²) in [6.45, 7) is 8.55. The van der Waals surface area contributed by atoms with Crippen LogP contribution in [0.5, 0.6) is 0 Å². The predicted molar refractivity (Wildman–Crippen MR) is 88.9 cm³/mol. The molecule has 3 nitrogen and oxygen atoms in total. The van der Waals surface area contributed by atoms with E-state index in [1.165, 1.54) is 0 Å². The van der Waals surface area contributed by atoms with Crippen LogP contribution in [0, 0.1) is 28.1 Å². The van der Waals surface area contributed by atoms with Crippen LogP contribution in [0.15, 0.2) is 12.2 Å². The largest absolute Gasteiger partial charge is 0.481 e. The Morgan fingerprint density at radius 3 is 2.52 bits per heavy atom. The number of carbonyl (C=O) groups is 1. The van der Waals surface area contributed by atoms with Gasteiger partial charge in [-0.15, -0.1) is 0 Å². The average Bonchev–Trinajstić information content (AvgIpc) is 2.63. The Kier molecular flexibility index (Phi) is 3.01. The minimum absolute atomic E-state index is 0.107. The summed E-state index contributed by atoms with van der Waals surface area (Å²) in [6.07, 6.45) is 8.75. The van der Waals surface area contributed by atoms with Gasteiger partial charge in [-0.05, 0) is 86.5 Å². The molecule has 4 aliphatic rings. The number of aliphatic carboxylic acids is 1. The first kappa shape index (κ1) is 15.7. The van der Waals surface area contributed by atoms with Crippen LogP contribution in [0.2, 0.25) is 0 Å². The second-order valence-electron chi connectivity index (χ2n) is 9.62. The van der Waals surface area contributed by atoms with E-state index in [1.807, 2.05) is 6.92 Å². The Morgan fingerprint density at radius 1 is 1.13 bits per heavy atom. The number of hydrogen-bond acceptors (Lipinski definition) is 2. The smallest absolute Gasteiger partial charge is 0.309 e. The normalized spacial score (nSPS) is 55.2. The zero-order valence-corrected chi connectivity index (χ0v) is 14.5. The summed E-state index contributed by atoms with van der Waals surface area (Å²) in [5.41, 5.74) is 0.128. The van der Waals surface area contributed by atoms with Crippen LogP contribution in [0.1, 0.15) is 71.6 Å². The van der Waals surface area contributed by atoms with Crippen LogP contribution < -0.4 is 0 Å². The topological polar surface area (TPSA) is 57.5 Å². The molecule has 5 unspecified atom stereocenters. The standard InChI is InChI=1S/C20H30O3/c1-13-11-19-9-5-14-17(2,7-4-8-18(14,3)16(21)22)15(19)6-10-20(13,23)12-19/h14-15,23H,1,4-12H2,2-3H3,(H,21,22)/t14?,15?,17-,18?,19?,20?/m1/s1. The van der Waals surface area contributed by atoms with Crippen molar-refractivity contribution in [1.82, 2.24) is 0 Å². The zero-order valence-electron chi connectivity index (χ0n) is 14.5. The van der Waals surface area contributed by atoms with Crippen molar-refractivity contribution < 1.29 is 15.0 Å². The molecule has 4 aliphatic carbocycles. The first-order valence-corrected chi connectivity index (χ1v) is 9.30. The molecule has 0 aromatic rings. The molecule has 0 aromatic heterocycles. The Hall–Kier alpha value is -0.830. The quantitative estimate of drug-likeness (QED) is 0.714. The Morgan fingerprint density at radius 2 is 1.83 bits per heavy atom. The number of hydrogen-bond donors (Lipinski definition) is 2. The Balaban J connectivity index is 1.76. The Bertz CT molecular complexity index is 583. The van der Waals surface area contributed by atoms with E-state index in [0.717, 1.165) is 63.4 Å². The number of carboxylic acid groups (broad SMARTS) is 1. The molecule has 1 spiro atoms. The fraction of sp³-hybridized carbons (Fsp3) is 0.850. The predicted octanol–water partition coefficient (Wildman–Crippen LogP) is 4.16. The lowest BCUT2D eigenvalue weighted by atomic mass is 9.41. The van der Waals surface area contributed by atoms with Gasteiger partial charge in [0.05, 0.1) is 11.0 Å². The van der Waals surface area contributed by atoms with Crippen molar-refractivity contribution in [3.63, 3.8) is 0 Å². The molecular weight excluding hydrogens is 288 g/mol. The molecule has 2 bridgehead atoms. The van der Waals surface area contributed by atoms with Gasteiger partial charge in [-0.1, -0.05) is 19.9 Å². The first-order valence-electron chi connectivity index (χ1n) is 9.30. The van der Waals surface area contributed by atoms with Gasteiger partial charge < -0.3 is 10.2 Å². The molecule has 128 valence electrons. The second kappa shape index (κ2) is 4.41. The fourth-order valence-corrected chi connectivity index (χ4v) is 7.61. The van der Waals surface area contributed by atoms with Crippen LogP contribution in [0.4, 0.5) is 0 Å². The van der Waals surface area contributed by atoms with E-state index < -0.39 is 17.0 Å². The lowest BCUT2D eigenvalue weighted by molar-refractivity contribution is -0.186. The molecule has 4 fully saturated rings. The summed E-state index contributed by atoms with van der Waals surface area (Å²) in [5.74, 6) is 0.219. The van der Waals surface area contributed by atoms with Gasteiger partial charge in [-0.25, -0.2) is 0 Å². The monoisotopic (exact) mass is 318 g/mol. The third kappa shape index (κ3) is 1.78. The lowest BCUT2D eigenvalue weighted by Gasteiger charge is -2.63. The summed E-state index contributed by atoms with van der Waals surface area (Å²) in [6, 6.07) is 0. The fourth-order valence-electron chi connectivity index (χ4n) is 7.61. The van der Waals surface area contributed by atoms with Crippen LogP contribution >= 0.6 is 0 Å². The molecule has 4 saturated carbocycles. The molecule has 23 heavy (non-hydrogen) atoms. The van der Waals surface area contributed by atoms with E-state index in [4.69, 9.17) is 0 Å². The molecule has 0 aromatic carbocycles. The summed E-state index contributed by atoms with van der Waals surface area (Å²) in [7, 11) is 0. The van der Waals surface area contributed by atoms with Crippen molar-refractivity contribution >= 4 is 5.97 Å². The van der Waals surface area contributed by atoms with Crippen molar-refractivity contribution in [3.8, 4) is 0 Å². The number of carboxylic acids is 1. The van der Waals surface area contributed by atoms with Gasteiger partial charge >= 0.3 is 5.97 Å². The molecule has 0 heterocycles. The van der Waals surface area contributed by atoms with Crippen molar-refractivity contribution in [2.24, 2.45) is 28.1 Å². The van der Waals surface area contributed by atoms with Crippen LogP contribution in [-0.4, -0.2) is 21.8 Å². The van der Waals surface area contributed by atoms with Crippen molar-refractivity contribution in [2.45, 2.75) is 77.2 Å². The SMILES string of the molecule is C=C1CC23CCC4C(C)(C(=O)O)CCC[C@@]4(C)C2CCC1(O)C3. The summed E-state index contributed by atoms with van der Waals surface area (Å²) >= 11 is 0. The average molecular weight is 318 g/mol. The van der Waals surface area contributed by atoms with Crippen LogP contribution in [0.25, 0.3) is 0 Å². The lowest BCUT2D eigenvalue weighted by Crippen LogP contribution is -2.59. The molecule has 6 atom stereocenters. The van der Waals surface area contributed by atoms with Crippen molar-refractivity contribution in [2.75, 3.05) is 0 Å². The third-order valence-corrected chi connectivity index (χ3v) is 8.65. The molecule has 0 saturated heterocycles. The number of aliphatic hydroxyl groups is 1. The van der Waals surface area contributed by atoms with E-state index in [9.17, 15) is 15.0 Å². The Labute approximate surface area is 139 Å². The van der Waals surface area contributed by atoms with Gasteiger partial charge in [0, 0.05) is 0 Å². The molecule has 0 radical (unpaired) electrons. The van der Waals surface area contributed by atoms with E-state index in [1.54, 1.807) is 0 Å². The van der Waals surface area contributed by atoms with E-state index in [2.05, 4.69) is 13.5 Å². The maximum atomic E-state index is 12.0. The van der Waals surface area contributed by atoms with E-state index in [0.29, 0.717) is 5.92 Å². The zero-order chi connectivity index (χ0) is 16.7. The minimum atomic E-state index is -0.634. The van der Waals surface area contributed by atoms with Crippen LogP contribution in [0.3, 0.4) is 0 Å². The summed E-state index contributed by atoms with van der Waals surface area (Å²) in [4.78, 5) is 12.0. The highest BCUT2D eigenvalue weighted by Crippen LogP contribution is 2.72. The maximum absolute atomic E-state index is 12.0.